The van der Waals surface area contributed by atoms with E-state index in [4.69, 9.17) is 21.1 Å². The SMILES string of the molecule is FC(F)(F)c1cc(Cl)nc(OCC2CCOC2)c1. The maximum atomic E-state index is 12.5. The van der Waals surface area contributed by atoms with E-state index in [2.05, 4.69) is 4.98 Å². The second-order valence-corrected chi connectivity index (χ2v) is 4.44. The second kappa shape index (κ2) is 5.32. The molecule has 3 nitrogen and oxygen atoms in total. The van der Waals surface area contributed by atoms with E-state index in [9.17, 15) is 13.2 Å². The number of rotatable bonds is 3. The van der Waals surface area contributed by atoms with Gasteiger partial charge in [0.05, 0.1) is 18.8 Å². The number of nitrogens with zero attached hydrogens (tertiary/aromatic N) is 1. The molecule has 0 amide bonds. The van der Waals surface area contributed by atoms with Crippen LogP contribution in [-0.4, -0.2) is 24.8 Å². The fourth-order valence-electron chi connectivity index (χ4n) is 1.63. The summed E-state index contributed by atoms with van der Waals surface area (Å²) in [6.07, 6.45) is -3.62. The Kier molecular flexibility index (Phi) is 3.97. The van der Waals surface area contributed by atoms with E-state index in [0.717, 1.165) is 18.6 Å². The van der Waals surface area contributed by atoms with Gasteiger partial charge in [0.2, 0.25) is 5.88 Å². The van der Waals surface area contributed by atoms with Crippen LogP contribution in [-0.2, 0) is 10.9 Å². The summed E-state index contributed by atoms with van der Waals surface area (Å²) in [5, 5.41) is -0.234. The predicted molar refractivity (Wildman–Crippen MR) is 58.7 cm³/mol. The number of ether oxygens (including phenoxy) is 2. The normalized spacial score (nSPS) is 20.1. The molecule has 0 spiro atoms. The van der Waals surface area contributed by atoms with Crippen LogP contribution < -0.4 is 4.74 Å². The van der Waals surface area contributed by atoms with Gasteiger partial charge >= 0.3 is 6.18 Å². The first-order valence-electron chi connectivity index (χ1n) is 5.40. The molecule has 0 radical (unpaired) electrons. The van der Waals surface area contributed by atoms with Crippen LogP contribution in [0.15, 0.2) is 12.1 Å². The van der Waals surface area contributed by atoms with Crippen LogP contribution >= 0.6 is 11.6 Å². The summed E-state index contributed by atoms with van der Waals surface area (Å²) in [5.41, 5.74) is -0.861. The van der Waals surface area contributed by atoms with Crippen LogP contribution in [0.3, 0.4) is 0 Å². The van der Waals surface area contributed by atoms with Gasteiger partial charge in [-0.2, -0.15) is 13.2 Å². The summed E-state index contributed by atoms with van der Waals surface area (Å²) in [6, 6.07) is 1.62. The molecular weight excluding hydrogens is 271 g/mol. The topological polar surface area (TPSA) is 31.4 Å². The Morgan fingerprint density at radius 2 is 2.22 bits per heavy atom. The minimum Gasteiger partial charge on any atom is -0.477 e. The molecule has 0 N–H and O–H groups in total. The standard InChI is InChI=1S/C11H11ClF3NO2/c12-9-3-8(11(13,14)15)4-10(16-9)18-6-7-1-2-17-5-7/h3-4,7H,1-2,5-6H2. The molecule has 0 saturated carbocycles. The first kappa shape index (κ1) is 13.4. The first-order chi connectivity index (χ1) is 8.45. The van der Waals surface area contributed by atoms with Gasteiger partial charge in [0.15, 0.2) is 0 Å². The fourth-order valence-corrected chi connectivity index (χ4v) is 1.83. The zero-order valence-electron chi connectivity index (χ0n) is 9.34. The molecule has 2 heterocycles. The maximum absolute atomic E-state index is 12.5. The van der Waals surface area contributed by atoms with Crippen molar-refractivity contribution in [1.29, 1.82) is 0 Å². The summed E-state index contributed by atoms with van der Waals surface area (Å²) < 4.78 is 48.0. The molecule has 100 valence electrons. The van der Waals surface area contributed by atoms with Crippen molar-refractivity contribution >= 4 is 11.6 Å². The van der Waals surface area contributed by atoms with Gasteiger partial charge in [0.1, 0.15) is 5.15 Å². The van der Waals surface area contributed by atoms with Crippen LogP contribution in [0.25, 0.3) is 0 Å². The quantitative estimate of drug-likeness (QED) is 0.798. The van der Waals surface area contributed by atoms with E-state index in [-0.39, 0.29) is 23.6 Å². The molecule has 2 rings (SSSR count). The second-order valence-electron chi connectivity index (χ2n) is 4.06. The highest BCUT2D eigenvalue weighted by molar-refractivity contribution is 6.29. The number of hydrogen-bond acceptors (Lipinski definition) is 3. The van der Waals surface area contributed by atoms with Gasteiger partial charge in [-0.05, 0) is 12.5 Å². The lowest BCUT2D eigenvalue weighted by Gasteiger charge is -2.12. The van der Waals surface area contributed by atoms with E-state index in [1.54, 1.807) is 0 Å². The smallest absolute Gasteiger partial charge is 0.416 e. The highest BCUT2D eigenvalue weighted by Crippen LogP contribution is 2.32. The van der Waals surface area contributed by atoms with Gasteiger partial charge in [-0.3, -0.25) is 0 Å². The molecule has 1 aromatic rings. The zero-order chi connectivity index (χ0) is 13.2. The highest BCUT2D eigenvalue weighted by atomic mass is 35.5. The maximum Gasteiger partial charge on any atom is 0.416 e. The molecule has 18 heavy (non-hydrogen) atoms. The molecule has 0 aliphatic carbocycles. The summed E-state index contributed by atoms with van der Waals surface area (Å²) in [7, 11) is 0. The molecule has 1 fully saturated rings. The lowest BCUT2D eigenvalue weighted by molar-refractivity contribution is -0.137. The lowest BCUT2D eigenvalue weighted by Crippen LogP contribution is -2.13. The van der Waals surface area contributed by atoms with Crippen LogP contribution in [0, 0.1) is 5.92 Å². The van der Waals surface area contributed by atoms with Crippen LogP contribution in [0.1, 0.15) is 12.0 Å². The van der Waals surface area contributed by atoms with Crippen molar-refractivity contribution in [2.75, 3.05) is 19.8 Å². The minimum absolute atomic E-state index is 0.110. The van der Waals surface area contributed by atoms with Gasteiger partial charge in [0.25, 0.3) is 0 Å². The lowest BCUT2D eigenvalue weighted by atomic mass is 10.1. The Hall–Kier alpha value is -1.01. The van der Waals surface area contributed by atoms with Gasteiger partial charge < -0.3 is 9.47 Å². The third-order valence-electron chi connectivity index (χ3n) is 2.59. The molecule has 0 aromatic carbocycles. The van der Waals surface area contributed by atoms with Crippen molar-refractivity contribution in [3.8, 4) is 5.88 Å². The highest BCUT2D eigenvalue weighted by Gasteiger charge is 2.32. The molecule has 1 unspecified atom stereocenters. The Balaban J connectivity index is 2.05. The van der Waals surface area contributed by atoms with Crippen molar-refractivity contribution in [2.24, 2.45) is 5.92 Å². The van der Waals surface area contributed by atoms with Gasteiger partial charge in [0, 0.05) is 18.6 Å². The van der Waals surface area contributed by atoms with Crippen LogP contribution in [0.4, 0.5) is 13.2 Å². The number of alkyl halides is 3. The molecule has 1 saturated heterocycles. The number of pyridine rings is 1. The van der Waals surface area contributed by atoms with E-state index in [1.807, 2.05) is 0 Å². The minimum atomic E-state index is -4.46. The summed E-state index contributed by atoms with van der Waals surface area (Å²) in [5.74, 6) is 0.0850. The van der Waals surface area contributed by atoms with Crippen LogP contribution in [0.2, 0.25) is 5.15 Å². The molecule has 1 atom stereocenters. The molecule has 0 bridgehead atoms. The average molecular weight is 282 g/mol. The van der Waals surface area contributed by atoms with Crippen molar-refractivity contribution in [3.05, 3.63) is 22.8 Å². The van der Waals surface area contributed by atoms with Gasteiger partial charge in [-0.25, -0.2) is 4.98 Å². The van der Waals surface area contributed by atoms with Crippen LogP contribution in [0.5, 0.6) is 5.88 Å². The van der Waals surface area contributed by atoms with E-state index in [0.29, 0.717) is 13.2 Å². The molecule has 7 heteroatoms. The molecule has 1 aliphatic heterocycles. The van der Waals surface area contributed by atoms with Gasteiger partial charge in [-0.15, -0.1) is 0 Å². The zero-order valence-corrected chi connectivity index (χ0v) is 10.1. The largest absolute Gasteiger partial charge is 0.477 e. The molecule has 1 aliphatic rings. The Labute approximate surface area is 107 Å². The number of hydrogen-bond donors (Lipinski definition) is 0. The average Bonchev–Trinajstić information content (AvgIpc) is 2.77. The summed E-state index contributed by atoms with van der Waals surface area (Å²) in [4.78, 5) is 3.71. The number of halogens is 4. The van der Waals surface area contributed by atoms with Gasteiger partial charge in [-0.1, -0.05) is 11.6 Å². The molecule has 1 aromatic heterocycles. The van der Waals surface area contributed by atoms with Crippen molar-refractivity contribution in [1.82, 2.24) is 4.98 Å². The Bertz CT molecular complexity index is 419. The Morgan fingerprint density at radius 3 is 2.83 bits per heavy atom. The molecular formula is C11H11ClF3NO2. The summed E-state index contributed by atoms with van der Waals surface area (Å²) >= 11 is 5.54. The van der Waals surface area contributed by atoms with Crippen molar-refractivity contribution < 1.29 is 22.6 Å². The monoisotopic (exact) mass is 281 g/mol. The van der Waals surface area contributed by atoms with E-state index in [1.165, 1.54) is 0 Å². The third-order valence-corrected chi connectivity index (χ3v) is 2.78. The van der Waals surface area contributed by atoms with Crippen molar-refractivity contribution in [3.63, 3.8) is 0 Å². The third kappa shape index (κ3) is 3.49. The first-order valence-corrected chi connectivity index (χ1v) is 5.78. The predicted octanol–water partition coefficient (Wildman–Crippen LogP) is 3.17. The number of aromatic nitrogens is 1. The summed E-state index contributed by atoms with van der Waals surface area (Å²) in [6.45, 7) is 1.50. The van der Waals surface area contributed by atoms with E-state index >= 15 is 0 Å². The Morgan fingerprint density at radius 1 is 1.44 bits per heavy atom. The van der Waals surface area contributed by atoms with E-state index < -0.39 is 11.7 Å². The van der Waals surface area contributed by atoms with Crippen molar-refractivity contribution in [2.45, 2.75) is 12.6 Å². The fraction of sp³-hybridized carbons (Fsp3) is 0.545.